The molecule has 0 amide bonds. The number of halogens is 2. The van der Waals surface area contributed by atoms with Gasteiger partial charge in [-0.3, -0.25) is 5.43 Å². The van der Waals surface area contributed by atoms with Crippen LogP contribution in [0.4, 0.5) is 5.69 Å². The lowest BCUT2D eigenvalue weighted by Gasteiger charge is -2.08. The van der Waals surface area contributed by atoms with E-state index in [1.165, 1.54) is 11.8 Å². The van der Waals surface area contributed by atoms with Crippen LogP contribution in [0.2, 0.25) is 5.02 Å². The first-order valence-electron chi connectivity index (χ1n) is 6.79. The molecular weight excluding hydrogens is 400 g/mol. The number of para-hydroxylation sites is 1. The number of carbonyl (C=O) groups excluding carboxylic acids is 1. The standard InChI is InChI=1S/C16H14BrClN2O2S/c1-2-22-16(21)15(23-12-9-7-11(17)8-10-12)20-19-14-6-4-3-5-13(14)18/h3-10,19H,2H2,1H3. The van der Waals surface area contributed by atoms with Crippen LogP contribution in [0, 0.1) is 0 Å². The van der Waals surface area contributed by atoms with Crippen LogP contribution in [0.15, 0.2) is 63.0 Å². The molecule has 23 heavy (non-hydrogen) atoms. The first kappa shape index (κ1) is 17.8. The van der Waals surface area contributed by atoms with Crippen LogP contribution in [-0.2, 0) is 9.53 Å². The number of nitrogens with zero attached hydrogens (tertiary/aromatic N) is 1. The molecule has 0 atom stereocenters. The summed E-state index contributed by atoms with van der Waals surface area (Å²) >= 11 is 10.7. The van der Waals surface area contributed by atoms with E-state index in [0.717, 1.165) is 9.37 Å². The van der Waals surface area contributed by atoms with E-state index in [1.807, 2.05) is 36.4 Å². The number of nitrogens with one attached hydrogen (secondary N) is 1. The summed E-state index contributed by atoms with van der Waals surface area (Å²) in [4.78, 5) is 12.9. The van der Waals surface area contributed by atoms with Crippen molar-refractivity contribution in [2.24, 2.45) is 5.10 Å². The normalized spacial score (nSPS) is 11.2. The highest BCUT2D eigenvalue weighted by molar-refractivity contribution is 9.10. The third kappa shape index (κ3) is 5.57. The van der Waals surface area contributed by atoms with E-state index in [1.54, 1.807) is 19.1 Å². The largest absolute Gasteiger partial charge is 0.461 e. The molecule has 0 bridgehead atoms. The van der Waals surface area contributed by atoms with Gasteiger partial charge in [0.05, 0.1) is 17.3 Å². The number of anilines is 1. The molecule has 2 aromatic carbocycles. The van der Waals surface area contributed by atoms with Crippen molar-refractivity contribution >= 4 is 56.0 Å². The number of hydrogen-bond donors (Lipinski definition) is 1. The fourth-order valence-corrected chi connectivity index (χ4v) is 2.75. The zero-order chi connectivity index (χ0) is 16.7. The minimum absolute atomic E-state index is 0.203. The molecule has 0 radical (unpaired) electrons. The maximum atomic E-state index is 12.1. The maximum Gasteiger partial charge on any atom is 0.365 e. The van der Waals surface area contributed by atoms with Crippen molar-refractivity contribution in [2.45, 2.75) is 11.8 Å². The van der Waals surface area contributed by atoms with Gasteiger partial charge in [-0.25, -0.2) is 4.79 Å². The van der Waals surface area contributed by atoms with Crippen molar-refractivity contribution in [3.05, 3.63) is 58.0 Å². The van der Waals surface area contributed by atoms with Gasteiger partial charge in [-0.1, -0.05) is 51.4 Å². The number of rotatable bonds is 4. The van der Waals surface area contributed by atoms with Crippen LogP contribution in [0.25, 0.3) is 0 Å². The van der Waals surface area contributed by atoms with Crippen LogP contribution >= 0.6 is 39.3 Å². The van der Waals surface area contributed by atoms with E-state index in [4.69, 9.17) is 16.3 Å². The highest BCUT2D eigenvalue weighted by Gasteiger charge is 2.15. The summed E-state index contributed by atoms with van der Waals surface area (Å²) in [6, 6.07) is 14.7. The Kier molecular flexibility index (Phi) is 6.95. The van der Waals surface area contributed by atoms with E-state index < -0.39 is 5.97 Å². The average Bonchev–Trinajstić information content (AvgIpc) is 2.55. The molecule has 0 aliphatic rings. The summed E-state index contributed by atoms with van der Waals surface area (Å²) in [5.74, 6) is -0.486. The Morgan fingerprint density at radius 2 is 1.96 bits per heavy atom. The summed E-state index contributed by atoms with van der Waals surface area (Å²) in [6.07, 6.45) is 0. The Bertz CT molecular complexity index is 707. The molecule has 4 nitrogen and oxygen atoms in total. The number of ether oxygens (including phenoxy) is 1. The smallest absolute Gasteiger partial charge is 0.365 e. The average molecular weight is 414 g/mol. The second kappa shape index (κ2) is 8.96. The predicted octanol–water partition coefficient (Wildman–Crippen LogP) is 5.18. The molecule has 2 aromatic rings. The Hall–Kier alpha value is -1.50. The van der Waals surface area contributed by atoms with Crippen molar-refractivity contribution in [3.8, 4) is 0 Å². The summed E-state index contributed by atoms with van der Waals surface area (Å²) < 4.78 is 6.01. The van der Waals surface area contributed by atoms with E-state index in [0.29, 0.717) is 10.7 Å². The zero-order valence-electron chi connectivity index (χ0n) is 12.3. The molecule has 2 rings (SSSR count). The highest BCUT2D eigenvalue weighted by atomic mass is 79.9. The summed E-state index contributed by atoms with van der Waals surface area (Å²) in [5, 5.41) is 4.87. The summed E-state index contributed by atoms with van der Waals surface area (Å²) in [7, 11) is 0. The Morgan fingerprint density at radius 3 is 2.61 bits per heavy atom. The van der Waals surface area contributed by atoms with Gasteiger partial charge in [0.25, 0.3) is 0 Å². The second-order valence-electron chi connectivity index (χ2n) is 4.29. The second-order valence-corrected chi connectivity index (χ2v) is 6.67. The van der Waals surface area contributed by atoms with Gasteiger partial charge in [0.1, 0.15) is 0 Å². The zero-order valence-corrected chi connectivity index (χ0v) is 15.4. The Balaban J connectivity index is 2.19. The molecule has 0 aliphatic carbocycles. The van der Waals surface area contributed by atoms with E-state index in [9.17, 15) is 4.79 Å². The molecule has 0 fully saturated rings. The number of hydrazone groups is 1. The summed E-state index contributed by atoms with van der Waals surface area (Å²) in [5.41, 5.74) is 3.43. The highest BCUT2D eigenvalue weighted by Crippen LogP contribution is 2.24. The van der Waals surface area contributed by atoms with Crippen LogP contribution in [0.3, 0.4) is 0 Å². The summed E-state index contributed by atoms with van der Waals surface area (Å²) in [6.45, 7) is 2.03. The van der Waals surface area contributed by atoms with Gasteiger partial charge in [0.15, 0.2) is 0 Å². The van der Waals surface area contributed by atoms with Crippen LogP contribution in [-0.4, -0.2) is 17.6 Å². The minimum atomic E-state index is -0.486. The number of carbonyl (C=O) groups is 1. The first-order valence-corrected chi connectivity index (χ1v) is 8.77. The van der Waals surface area contributed by atoms with Gasteiger partial charge in [-0.2, -0.15) is 5.10 Å². The van der Waals surface area contributed by atoms with Crippen molar-refractivity contribution < 1.29 is 9.53 Å². The van der Waals surface area contributed by atoms with Crippen molar-refractivity contribution in [2.75, 3.05) is 12.0 Å². The molecule has 0 saturated heterocycles. The lowest BCUT2D eigenvalue weighted by atomic mass is 10.3. The Morgan fingerprint density at radius 1 is 1.26 bits per heavy atom. The van der Waals surface area contributed by atoms with E-state index in [-0.39, 0.29) is 11.7 Å². The van der Waals surface area contributed by atoms with Gasteiger partial charge < -0.3 is 4.74 Å². The third-order valence-corrected chi connectivity index (χ3v) is 4.45. The lowest BCUT2D eigenvalue weighted by molar-refractivity contribution is -0.134. The first-order chi connectivity index (χ1) is 11.1. The molecule has 0 aliphatic heterocycles. The van der Waals surface area contributed by atoms with Gasteiger partial charge in [0, 0.05) is 9.37 Å². The van der Waals surface area contributed by atoms with E-state index in [2.05, 4.69) is 26.5 Å². The van der Waals surface area contributed by atoms with Crippen LogP contribution in [0.1, 0.15) is 6.92 Å². The fraction of sp³-hybridized carbons (Fsp3) is 0.125. The molecule has 1 N–H and O–H groups in total. The monoisotopic (exact) mass is 412 g/mol. The van der Waals surface area contributed by atoms with Crippen molar-refractivity contribution in [1.82, 2.24) is 0 Å². The minimum Gasteiger partial charge on any atom is -0.461 e. The van der Waals surface area contributed by atoms with E-state index >= 15 is 0 Å². The SMILES string of the molecule is CCOC(=O)C(=NNc1ccccc1Cl)Sc1ccc(Br)cc1. The molecule has 0 heterocycles. The molecule has 7 heteroatoms. The maximum absolute atomic E-state index is 12.1. The predicted molar refractivity (Wildman–Crippen MR) is 99.1 cm³/mol. The molecule has 0 aromatic heterocycles. The number of hydrogen-bond acceptors (Lipinski definition) is 5. The van der Waals surface area contributed by atoms with Gasteiger partial charge in [0.2, 0.25) is 5.04 Å². The van der Waals surface area contributed by atoms with Gasteiger partial charge in [-0.15, -0.1) is 0 Å². The lowest BCUT2D eigenvalue weighted by Crippen LogP contribution is -2.16. The van der Waals surface area contributed by atoms with Crippen molar-refractivity contribution in [3.63, 3.8) is 0 Å². The van der Waals surface area contributed by atoms with Crippen LogP contribution in [0.5, 0.6) is 0 Å². The molecule has 0 unspecified atom stereocenters. The topological polar surface area (TPSA) is 50.7 Å². The molecule has 0 spiro atoms. The number of benzene rings is 2. The van der Waals surface area contributed by atoms with Gasteiger partial charge >= 0.3 is 5.97 Å². The Labute approximate surface area is 152 Å². The molecule has 0 saturated carbocycles. The number of esters is 1. The number of thioether (sulfide) groups is 1. The molecule has 120 valence electrons. The fourth-order valence-electron chi connectivity index (χ4n) is 1.58. The molecular formula is C16H14BrClN2O2S. The van der Waals surface area contributed by atoms with Crippen molar-refractivity contribution in [1.29, 1.82) is 0 Å². The quantitative estimate of drug-likeness (QED) is 0.247. The van der Waals surface area contributed by atoms with Gasteiger partial charge in [-0.05, 0) is 43.3 Å². The van der Waals surface area contributed by atoms with Crippen LogP contribution < -0.4 is 5.43 Å². The third-order valence-electron chi connectivity index (χ3n) is 2.63.